The van der Waals surface area contributed by atoms with Crippen molar-refractivity contribution < 1.29 is 14.3 Å². The number of nitrogens with two attached hydrogens (primary N) is 1. The monoisotopic (exact) mass is 310 g/mol. The van der Waals surface area contributed by atoms with Gasteiger partial charge in [-0.1, -0.05) is 18.0 Å². The zero-order chi connectivity index (χ0) is 15.4. The molecular formula is C15H19ClN2O3. The van der Waals surface area contributed by atoms with Crippen molar-refractivity contribution in [3.63, 3.8) is 0 Å². The molecule has 1 fully saturated rings. The summed E-state index contributed by atoms with van der Waals surface area (Å²) in [6.07, 6.45) is 3.38. The van der Waals surface area contributed by atoms with Crippen LogP contribution in [0.4, 0.5) is 5.69 Å². The molecule has 0 aromatic heterocycles. The molecule has 1 aliphatic carbocycles. The first kappa shape index (κ1) is 15.8. The van der Waals surface area contributed by atoms with Crippen LogP contribution in [0.1, 0.15) is 36.0 Å². The Balaban J connectivity index is 2.16. The molecule has 2 unspecified atom stereocenters. The fraction of sp³-hybridized carbons (Fsp3) is 0.467. The van der Waals surface area contributed by atoms with Crippen molar-refractivity contribution in [1.29, 1.82) is 0 Å². The molecule has 2 atom stereocenters. The van der Waals surface area contributed by atoms with Gasteiger partial charge in [0.2, 0.25) is 5.91 Å². The van der Waals surface area contributed by atoms with Gasteiger partial charge >= 0.3 is 5.97 Å². The lowest BCUT2D eigenvalue weighted by Gasteiger charge is -2.26. The van der Waals surface area contributed by atoms with Gasteiger partial charge in [-0.05, 0) is 37.5 Å². The topological polar surface area (TPSA) is 81.4 Å². The minimum Gasteiger partial charge on any atom is -0.465 e. The standard InChI is InChI=1S/C15H19ClN2O3/c1-21-15(20)12-6-5-10(16)8-13(12)18-14(19)9-3-2-4-11(17)7-9/h5-6,8-9,11H,2-4,7,17H2,1H3,(H,18,19). The van der Waals surface area contributed by atoms with Crippen LogP contribution in [-0.2, 0) is 9.53 Å². The molecule has 6 heteroatoms. The Morgan fingerprint density at radius 3 is 2.81 bits per heavy atom. The fourth-order valence-corrected chi connectivity index (χ4v) is 2.78. The summed E-state index contributed by atoms with van der Waals surface area (Å²) in [5, 5.41) is 3.22. The number of amides is 1. The maximum Gasteiger partial charge on any atom is 0.339 e. The van der Waals surface area contributed by atoms with Gasteiger partial charge < -0.3 is 15.8 Å². The third-order valence-corrected chi connectivity index (χ3v) is 3.97. The summed E-state index contributed by atoms with van der Waals surface area (Å²) in [7, 11) is 1.29. The number of benzene rings is 1. The molecule has 0 radical (unpaired) electrons. The van der Waals surface area contributed by atoms with Gasteiger partial charge in [0.15, 0.2) is 0 Å². The molecule has 1 aromatic carbocycles. The van der Waals surface area contributed by atoms with Crippen molar-refractivity contribution >= 4 is 29.2 Å². The van der Waals surface area contributed by atoms with E-state index in [1.807, 2.05) is 0 Å². The highest BCUT2D eigenvalue weighted by molar-refractivity contribution is 6.31. The summed E-state index contributed by atoms with van der Waals surface area (Å²) in [6, 6.07) is 4.74. The Hall–Kier alpha value is -1.59. The molecule has 1 saturated carbocycles. The molecule has 21 heavy (non-hydrogen) atoms. The number of hydrogen-bond acceptors (Lipinski definition) is 4. The minimum atomic E-state index is -0.512. The molecule has 3 N–H and O–H groups in total. The Kier molecular flexibility index (Phi) is 5.20. The van der Waals surface area contributed by atoms with Crippen LogP contribution >= 0.6 is 11.6 Å². The first-order valence-corrected chi connectivity index (χ1v) is 7.33. The van der Waals surface area contributed by atoms with Crippen LogP contribution in [-0.4, -0.2) is 25.0 Å². The Bertz CT molecular complexity index is 548. The van der Waals surface area contributed by atoms with E-state index in [4.69, 9.17) is 22.1 Å². The molecule has 0 spiro atoms. The molecule has 1 amide bonds. The van der Waals surface area contributed by atoms with E-state index in [2.05, 4.69) is 5.32 Å². The lowest BCUT2D eigenvalue weighted by atomic mass is 9.85. The molecule has 0 aliphatic heterocycles. The highest BCUT2D eigenvalue weighted by Gasteiger charge is 2.26. The van der Waals surface area contributed by atoms with E-state index < -0.39 is 5.97 Å². The van der Waals surface area contributed by atoms with E-state index in [1.54, 1.807) is 12.1 Å². The lowest BCUT2D eigenvalue weighted by Crippen LogP contribution is -2.34. The highest BCUT2D eigenvalue weighted by atomic mass is 35.5. The van der Waals surface area contributed by atoms with Gasteiger partial charge in [0.05, 0.1) is 18.4 Å². The van der Waals surface area contributed by atoms with Crippen molar-refractivity contribution in [3.05, 3.63) is 28.8 Å². The van der Waals surface area contributed by atoms with Crippen LogP contribution in [0.3, 0.4) is 0 Å². The third kappa shape index (κ3) is 3.95. The quantitative estimate of drug-likeness (QED) is 0.841. The second-order valence-electron chi connectivity index (χ2n) is 5.29. The van der Waals surface area contributed by atoms with Gasteiger partial charge in [-0.25, -0.2) is 4.79 Å². The number of methoxy groups -OCH3 is 1. The summed E-state index contributed by atoms with van der Waals surface area (Å²) in [6.45, 7) is 0. The summed E-state index contributed by atoms with van der Waals surface area (Å²) in [5.74, 6) is -0.766. The summed E-state index contributed by atoms with van der Waals surface area (Å²) >= 11 is 5.93. The highest BCUT2D eigenvalue weighted by Crippen LogP contribution is 2.27. The predicted octanol–water partition coefficient (Wildman–Crippen LogP) is 2.58. The van der Waals surface area contributed by atoms with Crippen LogP contribution in [0.25, 0.3) is 0 Å². The fourth-order valence-electron chi connectivity index (χ4n) is 2.61. The van der Waals surface area contributed by atoms with Crippen molar-refractivity contribution in [3.8, 4) is 0 Å². The Morgan fingerprint density at radius 2 is 2.14 bits per heavy atom. The molecule has 5 nitrogen and oxygen atoms in total. The molecule has 2 rings (SSSR count). The number of halogens is 1. The molecule has 1 aromatic rings. The molecule has 114 valence electrons. The van der Waals surface area contributed by atoms with Crippen molar-refractivity contribution in [2.45, 2.75) is 31.7 Å². The second-order valence-corrected chi connectivity index (χ2v) is 5.73. The number of nitrogens with one attached hydrogen (secondary N) is 1. The maximum atomic E-state index is 12.3. The first-order chi connectivity index (χ1) is 10.0. The SMILES string of the molecule is COC(=O)c1ccc(Cl)cc1NC(=O)C1CCCC(N)C1. The predicted molar refractivity (Wildman–Crippen MR) is 81.4 cm³/mol. The van der Waals surface area contributed by atoms with Crippen LogP contribution in [0.15, 0.2) is 18.2 Å². The van der Waals surface area contributed by atoms with Gasteiger partial charge in [0.25, 0.3) is 0 Å². The van der Waals surface area contributed by atoms with Crippen molar-refractivity contribution in [2.75, 3.05) is 12.4 Å². The second kappa shape index (κ2) is 6.91. The molecule has 0 heterocycles. The largest absolute Gasteiger partial charge is 0.465 e. The summed E-state index contributed by atoms with van der Waals surface area (Å²) < 4.78 is 4.71. The van der Waals surface area contributed by atoms with Gasteiger partial charge in [-0.3, -0.25) is 4.79 Å². The van der Waals surface area contributed by atoms with E-state index in [0.29, 0.717) is 17.1 Å². The van der Waals surface area contributed by atoms with E-state index >= 15 is 0 Å². The van der Waals surface area contributed by atoms with E-state index in [-0.39, 0.29) is 23.4 Å². The maximum absolute atomic E-state index is 12.3. The zero-order valence-electron chi connectivity index (χ0n) is 11.9. The lowest BCUT2D eigenvalue weighted by molar-refractivity contribution is -0.120. The van der Waals surface area contributed by atoms with Crippen LogP contribution in [0, 0.1) is 5.92 Å². The third-order valence-electron chi connectivity index (χ3n) is 3.73. The average Bonchev–Trinajstić information content (AvgIpc) is 2.46. The number of hydrogen-bond donors (Lipinski definition) is 2. The summed E-state index contributed by atoms with van der Waals surface area (Å²) in [5.41, 5.74) is 6.57. The molecule has 0 saturated heterocycles. The minimum absolute atomic E-state index is 0.0638. The first-order valence-electron chi connectivity index (χ1n) is 6.95. The number of esters is 1. The van der Waals surface area contributed by atoms with Crippen LogP contribution in [0.5, 0.6) is 0 Å². The summed E-state index contributed by atoms with van der Waals surface area (Å²) in [4.78, 5) is 24.0. The molecule has 1 aliphatic rings. The van der Waals surface area contributed by atoms with Crippen molar-refractivity contribution in [2.24, 2.45) is 11.7 Å². The number of ether oxygens (including phenoxy) is 1. The van der Waals surface area contributed by atoms with Gasteiger partial charge in [0.1, 0.15) is 0 Å². The zero-order valence-corrected chi connectivity index (χ0v) is 12.7. The number of carbonyl (C=O) groups excluding carboxylic acids is 2. The number of carbonyl (C=O) groups is 2. The molecule has 0 bridgehead atoms. The van der Waals surface area contributed by atoms with E-state index in [1.165, 1.54) is 13.2 Å². The Morgan fingerprint density at radius 1 is 1.38 bits per heavy atom. The normalized spacial score (nSPS) is 21.7. The van der Waals surface area contributed by atoms with Gasteiger partial charge in [-0.2, -0.15) is 0 Å². The Labute approximate surface area is 128 Å². The van der Waals surface area contributed by atoms with Crippen LogP contribution in [0.2, 0.25) is 5.02 Å². The molecular weight excluding hydrogens is 292 g/mol. The number of anilines is 1. The smallest absolute Gasteiger partial charge is 0.339 e. The average molecular weight is 311 g/mol. The van der Waals surface area contributed by atoms with Crippen LogP contribution < -0.4 is 11.1 Å². The van der Waals surface area contributed by atoms with E-state index in [0.717, 1.165) is 19.3 Å². The van der Waals surface area contributed by atoms with Gasteiger partial charge in [-0.15, -0.1) is 0 Å². The van der Waals surface area contributed by atoms with E-state index in [9.17, 15) is 9.59 Å². The van der Waals surface area contributed by atoms with Crippen molar-refractivity contribution in [1.82, 2.24) is 0 Å². The van der Waals surface area contributed by atoms with Gasteiger partial charge in [0, 0.05) is 17.0 Å². The number of rotatable bonds is 3.